The molecule has 1 aliphatic heterocycles. The van der Waals surface area contributed by atoms with Crippen LogP contribution < -0.4 is 0 Å². The van der Waals surface area contributed by atoms with Gasteiger partial charge in [0.05, 0.1) is 17.3 Å². The molecule has 0 saturated carbocycles. The van der Waals surface area contributed by atoms with Crippen LogP contribution in [0.5, 0.6) is 0 Å². The fraction of sp³-hybridized carbons (Fsp3) is 0.438. The molecule has 2 aromatic rings. The minimum Gasteiger partial charge on any atom is -0.334 e. The molecule has 0 radical (unpaired) electrons. The van der Waals surface area contributed by atoms with Gasteiger partial charge in [-0.2, -0.15) is 0 Å². The standard InChI is InChI=1S/C16H19N3O3S3/c1-12-17-18-16(24-12)23-10-15(20)19(9-13-5-3-2-4-6-13)14-7-8-25(21,22)11-14/h2-6,14H,7-11H2,1H3. The van der Waals surface area contributed by atoms with Crippen molar-refractivity contribution >= 4 is 38.8 Å². The van der Waals surface area contributed by atoms with Gasteiger partial charge in [0.2, 0.25) is 5.91 Å². The predicted octanol–water partition coefficient (Wildman–Crippen LogP) is 2.15. The van der Waals surface area contributed by atoms with E-state index >= 15 is 0 Å². The van der Waals surface area contributed by atoms with E-state index in [1.165, 1.54) is 23.1 Å². The van der Waals surface area contributed by atoms with Gasteiger partial charge in [0.25, 0.3) is 0 Å². The van der Waals surface area contributed by atoms with Crippen LogP contribution in [0.4, 0.5) is 0 Å². The molecule has 0 N–H and O–H groups in total. The SMILES string of the molecule is Cc1nnc(SCC(=O)N(Cc2ccccc2)C2CCS(=O)(=O)C2)s1. The molecule has 1 amide bonds. The zero-order valence-corrected chi connectivity index (χ0v) is 16.2. The highest BCUT2D eigenvalue weighted by Crippen LogP contribution is 2.25. The van der Waals surface area contributed by atoms with Gasteiger partial charge in [-0.15, -0.1) is 10.2 Å². The number of nitrogens with zero attached hydrogens (tertiary/aromatic N) is 3. The van der Waals surface area contributed by atoms with Crippen LogP contribution in [-0.4, -0.2) is 52.7 Å². The van der Waals surface area contributed by atoms with E-state index in [9.17, 15) is 13.2 Å². The largest absolute Gasteiger partial charge is 0.334 e. The number of aryl methyl sites for hydroxylation is 1. The van der Waals surface area contributed by atoms with Crippen molar-refractivity contribution in [2.75, 3.05) is 17.3 Å². The van der Waals surface area contributed by atoms with Gasteiger partial charge in [0.1, 0.15) is 5.01 Å². The molecule has 2 heterocycles. The van der Waals surface area contributed by atoms with Crippen LogP contribution in [0.2, 0.25) is 0 Å². The second-order valence-corrected chi connectivity index (χ2v) is 10.6. The summed E-state index contributed by atoms with van der Waals surface area (Å²) < 4.78 is 24.4. The highest BCUT2D eigenvalue weighted by atomic mass is 32.2. The summed E-state index contributed by atoms with van der Waals surface area (Å²) in [5.74, 6) is 0.370. The molecule has 6 nitrogen and oxygen atoms in total. The average Bonchev–Trinajstić information content (AvgIpc) is 3.16. The van der Waals surface area contributed by atoms with E-state index in [1.807, 2.05) is 37.3 Å². The lowest BCUT2D eigenvalue weighted by atomic mass is 10.1. The Morgan fingerprint density at radius 3 is 2.68 bits per heavy atom. The van der Waals surface area contributed by atoms with E-state index in [-0.39, 0.29) is 29.2 Å². The van der Waals surface area contributed by atoms with Crippen LogP contribution >= 0.6 is 23.1 Å². The maximum Gasteiger partial charge on any atom is 0.233 e. The van der Waals surface area contributed by atoms with Gasteiger partial charge in [-0.25, -0.2) is 8.42 Å². The molecule has 1 aliphatic rings. The molecule has 9 heteroatoms. The fourth-order valence-electron chi connectivity index (χ4n) is 2.77. The molecule has 0 bridgehead atoms. The summed E-state index contributed by atoms with van der Waals surface area (Å²) in [5.41, 5.74) is 0.997. The van der Waals surface area contributed by atoms with Gasteiger partial charge < -0.3 is 4.90 Å². The normalized spacial score (nSPS) is 19.0. The number of thioether (sulfide) groups is 1. The van der Waals surface area contributed by atoms with E-state index in [2.05, 4.69) is 10.2 Å². The lowest BCUT2D eigenvalue weighted by molar-refractivity contribution is -0.130. The molecule has 1 atom stereocenters. The summed E-state index contributed by atoms with van der Waals surface area (Å²) in [7, 11) is -3.05. The Bertz CT molecular complexity index is 837. The first-order chi connectivity index (χ1) is 11.9. The molecule has 1 aromatic carbocycles. The van der Waals surface area contributed by atoms with Crippen LogP contribution in [0.15, 0.2) is 34.7 Å². The van der Waals surface area contributed by atoms with Crippen molar-refractivity contribution in [3.8, 4) is 0 Å². The molecule has 0 spiro atoms. The summed E-state index contributed by atoms with van der Waals surface area (Å²) >= 11 is 2.80. The topological polar surface area (TPSA) is 80.2 Å². The zero-order chi connectivity index (χ0) is 17.9. The lowest BCUT2D eigenvalue weighted by Gasteiger charge is -2.28. The van der Waals surface area contributed by atoms with Gasteiger partial charge in [-0.05, 0) is 18.9 Å². The minimum atomic E-state index is -3.05. The number of rotatable bonds is 6. The predicted molar refractivity (Wildman–Crippen MR) is 99.4 cm³/mol. The summed E-state index contributed by atoms with van der Waals surface area (Å²) in [6.07, 6.45) is 0.503. The number of aromatic nitrogens is 2. The van der Waals surface area contributed by atoms with Crippen LogP contribution in [0, 0.1) is 6.92 Å². The van der Waals surface area contributed by atoms with Gasteiger partial charge >= 0.3 is 0 Å². The Kier molecular flexibility index (Phi) is 5.75. The molecule has 1 unspecified atom stereocenters. The third kappa shape index (κ3) is 5.02. The number of hydrogen-bond donors (Lipinski definition) is 0. The van der Waals surface area contributed by atoms with E-state index in [0.29, 0.717) is 13.0 Å². The second kappa shape index (κ2) is 7.84. The second-order valence-electron chi connectivity index (χ2n) is 5.94. The third-order valence-corrected chi connectivity index (χ3v) is 7.70. The van der Waals surface area contributed by atoms with Gasteiger partial charge in [0.15, 0.2) is 14.2 Å². The number of carbonyl (C=O) groups is 1. The van der Waals surface area contributed by atoms with Crippen molar-refractivity contribution in [3.63, 3.8) is 0 Å². The van der Waals surface area contributed by atoms with Crippen molar-refractivity contribution in [1.82, 2.24) is 15.1 Å². The number of hydrogen-bond acceptors (Lipinski definition) is 7. The first-order valence-corrected chi connectivity index (χ1v) is 11.5. The number of sulfone groups is 1. The maximum absolute atomic E-state index is 12.8. The minimum absolute atomic E-state index is 0.0498. The van der Waals surface area contributed by atoms with Gasteiger partial charge in [-0.3, -0.25) is 4.79 Å². The Hall–Kier alpha value is -1.45. The van der Waals surface area contributed by atoms with Crippen LogP contribution in [0.25, 0.3) is 0 Å². The van der Waals surface area contributed by atoms with Crippen molar-refractivity contribution in [3.05, 3.63) is 40.9 Å². The highest BCUT2D eigenvalue weighted by Gasteiger charge is 2.34. The molecule has 1 aromatic heterocycles. The summed E-state index contributed by atoms with van der Waals surface area (Å²) in [5, 5.41) is 8.82. The van der Waals surface area contributed by atoms with Crippen molar-refractivity contribution < 1.29 is 13.2 Å². The smallest absolute Gasteiger partial charge is 0.233 e. The van der Waals surface area contributed by atoms with Crippen LogP contribution in [-0.2, 0) is 21.2 Å². The molecule has 0 aliphatic carbocycles. The van der Waals surface area contributed by atoms with E-state index in [4.69, 9.17) is 0 Å². The fourth-order valence-corrected chi connectivity index (χ4v) is 6.20. The lowest BCUT2D eigenvalue weighted by Crippen LogP contribution is -2.41. The maximum atomic E-state index is 12.8. The molecule has 3 rings (SSSR count). The summed E-state index contributed by atoms with van der Waals surface area (Å²) in [6, 6.07) is 9.40. The molecule has 1 saturated heterocycles. The first-order valence-electron chi connectivity index (χ1n) is 7.90. The zero-order valence-electron chi connectivity index (χ0n) is 13.8. The molecular weight excluding hydrogens is 378 g/mol. The van der Waals surface area contributed by atoms with Gasteiger partial charge in [0, 0.05) is 12.6 Å². The molecular formula is C16H19N3O3S3. The summed E-state index contributed by atoms with van der Waals surface area (Å²) in [6.45, 7) is 2.30. The van der Waals surface area contributed by atoms with Crippen LogP contribution in [0.1, 0.15) is 17.0 Å². The summed E-state index contributed by atoms with van der Waals surface area (Å²) in [4.78, 5) is 14.5. The monoisotopic (exact) mass is 397 g/mol. The quantitative estimate of drug-likeness (QED) is 0.695. The Balaban J connectivity index is 1.71. The van der Waals surface area contributed by atoms with E-state index in [1.54, 1.807) is 4.90 Å². The Labute approximate surface area is 155 Å². The van der Waals surface area contributed by atoms with Crippen molar-refractivity contribution in [2.24, 2.45) is 0 Å². The Morgan fingerprint density at radius 2 is 2.08 bits per heavy atom. The molecule has 1 fully saturated rings. The number of amides is 1. The third-order valence-electron chi connectivity index (χ3n) is 3.99. The number of carbonyl (C=O) groups excluding carboxylic acids is 1. The molecule has 134 valence electrons. The van der Waals surface area contributed by atoms with E-state index in [0.717, 1.165) is 14.9 Å². The highest BCUT2D eigenvalue weighted by molar-refractivity contribution is 8.01. The van der Waals surface area contributed by atoms with Crippen LogP contribution in [0.3, 0.4) is 0 Å². The Morgan fingerprint density at radius 1 is 1.32 bits per heavy atom. The van der Waals surface area contributed by atoms with Gasteiger partial charge in [-0.1, -0.05) is 53.4 Å². The van der Waals surface area contributed by atoms with Crippen molar-refractivity contribution in [1.29, 1.82) is 0 Å². The van der Waals surface area contributed by atoms with E-state index < -0.39 is 9.84 Å². The number of benzene rings is 1. The molecule has 25 heavy (non-hydrogen) atoms. The average molecular weight is 398 g/mol. The van der Waals surface area contributed by atoms with Crippen molar-refractivity contribution in [2.45, 2.75) is 30.3 Å². The first kappa shape index (κ1) is 18.3.